The summed E-state index contributed by atoms with van der Waals surface area (Å²) in [6.07, 6.45) is 1.38. The van der Waals surface area contributed by atoms with Crippen molar-refractivity contribution in [3.05, 3.63) is 33.5 Å². The molecule has 0 aromatic heterocycles. The summed E-state index contributed by atoms with van der Waals surface area (Å²) < 4.78 is 5.15. The summed E-state index contributed by atoms with van der Waals surface area (Å²) in [4.78, 5) is 21.7. The van der Waals surface area contributed by atoms with Crippen LogP contribution in [0, 0.1) is 10.1 Å². The van der Waals surface area contributed by atoms with Crippen LogP contribution in [0.5, 0.6) is 11.5 Å². The number of carbonyl (C=O) groups excluding carboxylic acids is 1. The smallest absolute Gasteiger partial charge is 0.315 e. The Balaban J connectivity index is 2.49. The van der Waals surface area contributed by atoms with Crippen LogP contribution < -0.4 is 15.4 Å². The van der Waals surface area contributed by atoms with Crippen LogP contribution in [0.1, 0.15) is 12.5 Å². The number of rotatable bonds is 4. The number of carbonyl (C=O) groups is 1. The molecule has 0 unspecified atom stereocenters. The number of nitrogens with zero attached hydrogens (tertiary/aromatic N) is 1. The van der Waals surface area contributed by atoms with Crippen LogP contribution in [0.2, 0.25) is 0 Å². The van der Waals surface area contributed by atoms with Crippen molar-refractivity contribution in [3.8, 4) is 11.5 Å². The van der Waals surface area contributed by atoms with Gasteiger partial charge in [0.25, 0.3) is 5.91 Å². The van der Waals surface area contributed by atoms with Crippen LogP contribution in [0.15, 0.2) is 17.8 Å². The van der Waals surface area contributed by atoms with Crippen molar-refractivity contribution < 1.29 is 19.6 Å². The fraction of sp³-hybridized carbons (Fsp3) is 0.167. The van der Waals surface area contributed by atoms with E-state index in [9.17, 15) is 20.0 Å². The molecule has 1 heterocycles. The van der Waals surface area contributed by atoms with Crippen molar-refractivity contribution in [1.82, 2.24) is 10.6 Å². The third-order valence-electron chi connectivity index (χ3n) is 2.60. The predicted octanol–water partition coefficient (Wildman–Crippen LogP) is 1.04. The van der Waals surface area contributed by atoms with Gasteiger partial charge in [-0.05, 0) is 36.8 Å². The number of ether oxygens (including phenoxy) is 1. The van der Waals surface area contributed by atoms with Crippen molar-refractivity contribution in [2.75, 3.05) is 6.61 Å². The zero-order chi connectivity index (χ0) is 15.6. The number of amides is 1. The molecule has 0 spiro atoms. The van der Waals surface area contributed by atoms with E-state index in [1.165, 1.54) is 12.1 Å². The Hall–Kier alpha value is -2.68. The van der Waals surface area contributed by atoms with Gasteiger partial charge in [-0.1, -0.05) is 0 Å². The van der Waals surface area contributed by atoms with E-state index >= 15 is 0 Å². The molecule has 9 heteroatoms. The SMILES string of the molecule is CCOc1cc(/C=C2\NC(=S)NC2=O)cc([N+](=O)[O-])c1O. The van der Waals surface area contributed by atoms with Crippen molar-refractivity contribution in [1.29, 1.82) is 0 Å². The summed E-state index contributed by atoms with van der Waals surface area (Å²) in [6.45, 7) is 1.91. The Morgan fingerprint density at radius 2 is 2.19 bits per heavy atom. The molecule has 1 saturated heterocycles. The van der Waals surface area contributed by atoms with E-state index < -0.39 is 22.3 Å². The average Bonchev–Trinajstić information content (AvgIpc) is 2.71. The van der Waals surface area contributed by atoms with Crippen molar-refractivity contribution in [2.45, 2.75) is 6.92 Å². The maximum Gasteiger partial charge on any atom is 0.315 e. The summed E-state index contributed by atoms with van der Waals surface area (Å²) in [5, 5.41) is 25.9. The van der Waals surface area contributed by atoms with E-state index in [-0.39, 0.29) is 23.2 Å². The van der Waals surface area contributed by atoms with E-state index in [0.29, 0.717) is 5.56 Å². The van der Waals surface area contributed by atoms with Gasteiger partial charge in [-0.2, -0.15) is 0 Å². The average molecular weight is 309 g/mol. The molecule has 0 saturated carbocycles. The van der Waals surface area contributed by atoms with Crippen LogP contribution in [0.25, 0.3) is 6.08 Å². The van der Waals surface area contributed by atoms with E-state index in [1.54, 1.807) is 6.92 Å². The van der Waals surface area contributed by atoms with Crippen LogP contribution >= 0.6 is 12.2 Å². The quantitative estimate of drug-likeness (QED) is 0.329. The molecule has 1 aliphatic heterocycles. The Labute approximate surface area is 124 Å². The van der Waals surface area contributed by atoms with Gasteiger partial charge >= 0.3 is 5.69 Å². The first-order valence-electron chi connectivity index (χ1n) is 5.90. The summed E-state index contributed by atoms with van der Waals surface area (Å²) >= 11 is 4.79. The summed E-state index contributed by atoms with van der Waals surface area (Å²) in [6, 6.07) is 2.54. The predicted molar refractivity (Wildman–Crippen MR) is 77.8 cm³/mol. The highest BCUT2D eigenvalue weighted by Gasteiger charge is 2.23. The number of nitro benzene ring substituents is 1. The molecule has 1 aromatic carbocycles. The van der Waals surface area contributed by atoms with Gasteiger partial charge in [0, 0.05) is 6.07 Å². The normalized spacial score (nSPS) is 15.8. The van der Waals surface area contributed by atoms with Gasteiger partial charge < -0.3 is 15.2 Å². The number of aromatic hydroxyl groups is 1. The van der Waals surface area contributed by atoms with Gasteiger partial charge in [-0.25, -0.2) is 0 Å². The highest BCUT2D eigenvalue weighted by atomic mass is 32.1. The molecule has 0 aliphatic carbocycles. The number of hydrogen-bond donors (Lipinski definition) is 3. The lowest BCUT2D eigenvalue weighted by atomic mass is 10.1. The number of nitro groups is 1. The second kappa shape index (κ2) is 5.75. The van der Waals surface area contributed by atoms with Crippen LogP contribution in [-0.4, -0.2) is 27.7 Å². The molecule has 0 bridgehead atoms. The highest BCUT2D eigenvalue weighted by Crippen LogP contribution is 2.37. The lowest BCUT2D eigenvalue weighted by Gasteiger charge is -2.07. The Morgan fingerprint density at radius 1 is 1.48 bits per heavy atom. The Morgan fingerprint density at radius 3 is 2.71 bits per heavy atom. The number of phenols is 1. The van der Waals surface area contributed by atoms with E-state index in [2.05, 4.69) is 10.6 Å². The third-order valence-corrected chi connectivity index (χ3v) is 2.81. The fourth-order valence-corrected chi connectivity index (χ4v) is 1.95. The van der Waals surface area contributed by atoms with E-state index in [0.717, 1.165) is 6.07 Å². The zero-order valence-electron chi connectivity index (χ0n) is 10.9. The minimum absolute atomic E-state index is 0.0282. The van der Waals surface area contributed by atoms with Gasteiger partial charge in [0.1, 0.15) is 5.70 Å². The van der Waals surface area contributed by atoms with Crippen LogP contribution in [0.3, 0.4) is 0 Å². The number of phenolic OH excluding ortho intramolecular Hbond substituents is 1. The summed E-state index contributed by atoms with van der Waals surface area (Å²) in [5.41, 5.74) is -0.0264. The highest BCUT2D eigenvalue weighted by molar-refractivity contribution is 7.80. The summed E-state index contributed by atoms with van der Waals surface area (Å²) in [5.74, 6) is -1.02. The molecular weight excluding hydrogens is 298 g/mol. The molecular formula is C12H11N3O5S. The molecule has 0 radical (unpaired) electrons. The maximum atomic E-state index is 11.5. The number of benzene rings is 1. The van der Waals surface area contributed by atoms with Gasteiger partial charge in [0.05, 0.1) is 11.5 Å². The van der Waals surface area contributed by atoms with Gasteiger partial charge in [0.15, 0.2) is 10.9 Å². The zero-order valence-corrected chi connectivity index (χ0v) is 11.7. The second-order valence-corrected chi connectivity index (χ2v) is 4.45. The van der Waals surface area contributed by atoms with Gasteiger partial charge in [0.2, 0.25) is 5.75 Å². The van der Waals surface area contributed by atoms with Crippen LogP contribution in [0.4, 0.5) is 5.69 Å². The minimum atomic E-state index is -0.730. The van der Waals surface area contributed by atoms with Crippen LogP contribution in [-0.2, 0) is 4.79 Å². The number of hydrogen-bond acceptors (Lipinski definition) is 6. The molecule has 21 heavy (non-hydrogen) atoms. The minimum Gasteiger partial charge on any atom is -0.500 e. The van der Waals surface area contributed by atoms with Crippen molar-refractivity contribution >= 4 is 35.0 Å². The largest absolute Gasteiger partial charge is 0.500 e. The second-order valence-electron chi connectivity index (χ2n) is 4.04. The van der Waals surface area contributed by atoms with Gasteiger partial charge in [-0.3, -0.25) is 20.2 Å². The summed E-state index contributed by atoms with van der Waals surface area (Å²) in [7, 11) is 0. The first-order chi connectivity index (χ1) is 9.92. The molecule has 110 valence electrons. The molecule has 0 atom stereocenters. The standard InChI is InChI=1S/C12H11N3O5S/c1-2-20-9-5-6(4-8(10(9)16)15(18)19)3-7-11(17)14-12(21)13-7/h3-5,16H,2H2,1H3,(H2,13,14,17,21)/b7-3-. The Bertz CT molecular complexity index is 671. The molecule has 8 nitrogen and oxygen atoms in total. The Kier molecular flexibility index (Phi) is 4.03. The molecule has 1 aromatic rings. The fourth-order valence-electron chi connectivity index (χ4n) is 1.75. The van der Waals surface area contributed by atoms with Gasteiger partial charge in [-0.15, -0.1) is 0 Å². The van der Waals surface area contributed by atoms with Crippen molar-refractivity contribution in [3.63, 3.8) is 0 Å². The first kappa shape index (κ1) is 14.7. The van der Waals surface area contributed by atoms with E-state index in [1.807, 2.05) is 0 Å². The third kappa shape index (κ3) is 3.08. The lowest BCUT2D eigenvalue weighted by molar-refractivity contribution is -0.386. The monoisotopic (exact) mass is 309 g/mol. The molecule has 2 rings (SSSR count). The van der Waals surface area contributed by atoms with Crippen molar-refractivity contribution in [2.24, 2.45) is 0 Å². The molecule has 1 fully saturated rings. The topological polar surface area (TPSA) is 114 Å². The maximum absolute atomic E-state index is 11.5. The molecule has 1 amide bonds. The molecule has 1 aliphatic rings. The number of nitrogens with one attached hydrogen (secondary N) is 2. The molecule has 3 N–H and O–H groups in total. The number of thiocarbonyl (C=S) groups is 1. The first-order valence-corrected chi connectivity index (χ1v) is 6.31. The van der Waals surface area contributed by atoms with E-state index in [4.69, 9.17) is 17.0 Å². The lowest BCUT2D eigenvalue weighted by Crippen LogP contribution is -2.21.